The highest BCUT2D eigenvalue weighted by molar-refractivity contribution is 5.94. The summed E-state index contributed by atoms with van der Waals surface area (Å²) in [5.41, 5.74) is 1.93. The van der Waals surface area contributed by atoms with Crippen LogP contribution in [0.1, 0.15) is 0 Å². The summed E-state index contributed by atoms with van der Waals surface area (Å²) in [6.07, 6.45) is 5.16. The van der Waals surface area contributed by atoms with Gasteiger partial charge in [0.15, 0.2) is 5.43 Å². The Kier molecular flexibility index (Phi) is 3.39. The topological polar surface area (TPSA) is 60.1 Å². The van der Waals surface area contributed by atoms with Crippen LogP contribution < -0.4 is 5.43 Å². The summed E-state index contributed by atoms with van der Waals surface area (Å²) >= 11 is 0. The van der Waals surface area contributed by atoms with E-state index in [0.717, 1.165) is 5.69 Å². The van der Waals surface area contributed by atoms with E-state index < -0.39 is 5.82 Å². The molecule has 0 saturated carbocycles. The summed E-state index contributed by atoms with van der Waals surface area (Å²) in [6, 6.07) is 9.56. The molecule has 4 aromatic rings. The van der Waals surface area contributed by atoms with Crippen molar-refractivity contribution in [3.05, 3.63) is 71.2 Å². The number of imidazole rings is 1. The predicted molar refractivity (Wildman–Crippen MR) is 89.9 cm³/mol. The fourth-order valence-electron chi connectivity index (χ4n) is 3.05. The van der Waals surface area contributed by atoms with Gasteiger partial charge in [-0.15, -0.1) is 0 Å². The van der Waals surface area contributed by atoms with Crippen LogP contribution in [0.4, 0.5) is 4.39 Å². The molecule has 2 aromatic heterocycles. The summed E-state index contributed by atoms with van der Waals surface area (Å²) < 4.78 is 17.3. The molecule has 0 unspecified atom stereocenters. The lowest BCUT2D eigenvalue weighted by molar-refractivity contribution is 0.279. The third-order valence-corrected chi connectivity index (χ3v) is 4.14. The molecule has 4 rings (SSSR count). The SMILES string of the molecule is O=c1c2cc(F)ccc2n(CCO)c2cc(-n3ccnc3)ccc12. The maximum absolute atomic E-state index is 13.6. The Morgan fingerprint density at radius 1 is 1.08 bits per heavy atom. The van der Waals surface area contributed by atoms with Crippen LogP contribution in [0.3, 0.4) is 0 Å². The van der Waals surface area contributed by atoms with Crippen LogP contribution in [0, 0.1) is 5.82 Å². The smallest absolute Gasteiger partial charge is 0.197 e. The van der Waals surface area contributed by atoms with Crippen molar-refractivity contribution in [1.82, 2.24) is 14.1 Å². The van der Waals surface area contributed by atoms with E-state index in [1.54, 1.807) is 24.7 Å². The van der Waals surface area contributed by atoms with E-state index in [1.807, 2.05) is 27.5 Å². The summed E-state index contributed by atoms with van der Waals surface area (Å²) in [5, 5.41) is 10.2. The van der Waals surface area contributed by atoms with Gasteiger partial charge in [0.2, 0.25) is 0 Å². The number of hydrogen-bond acceptors (Lipinski definition) is 3. The molecule has 0 bridgehead atoms. The fraction of sp³-hybridized carbons (Fsp3) is 0.111. The Balaban J connectivity index is 2.13. The first kappa shape index (κ1) is 14.6. The molecule has 0 aliphatic carbocycles. The third kappa shape index (κ3) is 2.19. The van der Waals surface area contributed by atoms with Crippen molar-refractivity contribution in [1.29, 1.82) is 0 Å². The number of fused-ring (bicyclic) bond motifs is 2. The first-order valence-corrected chi connectivity index (χ1v) is 7.54. The van der Waals surface area contributed by atoms with Gasteiger partial charge < -0.3 is 14.2 Å². The van der Waals surface area contributed by atoms with Crippen LogP contribution in [0.15, 0.2) is 59.9 Å². The van der Waals surface area contributed by atoms with Gasteiger partial charge in [0.1, 0.15) is 5.82 Å². The highest BCUT2D eigenvalue weighted by Gasteiger charge is 2.12. The molecule has 0 aliphatic heterocycles. The normalized spacial score (nSPS) is 11.4. The monoisotopic (exact) mass is 323 g/mol. The van der Waals surface area contributed by atoms with Gasteiger partial charge in [-0.05, 0) is 36.4 Å². The minimum atomic E-state index is -0.454. The number of benzene rings is 2. The molecule has 0 saturated heterocycles. The van der Waals surface area contributed by atoms with Gasteiger partial charge in [0.05, 0.1) is 24.0 Å². The number of aliphatic hydroxyl groups excluding tert-OH is 1. The molecule has 2 heterocycles. The van der Waals surface area contributed by atoms with Gasteiger partial charge in [-0.1, -0.05) is 0 Å². The maximum atomic E-state index is 13.6. The predicted octanol–water partition coefficient (Wildman–Crippen LogP) is 2.47. The van der Waals surface area contributed by atoms with Crippen LogP contribution in [0.2, 0.25) is 0 Å². The molecular weight excluding hydrogens is 309 g/mol. The molecule has 1 N–H and O–H groups in total. The Bertz CT molecular complexity index is 1100. The third-order valence-electron chi connectivity index (χ3n) is 4.14. The highest BCUT2D eigenvalue weighted by atomic mass is 19.1. The number of aliphatic hydroxyl groups is 1. The van der Waals surface area contributed by atoms with Crippen molar-refractivity contribution in [2.24, 2.45) is 0 Å². The Morgan fingerprint density at radius 3 is 2.71 bits per heavy atom. The van der Waals surface area contributed by atoms with Crippen molar-refractivity contribution in [2.45, 2.75) is 6.54 Å². The van der Waals surface area contributed by atoms with Gasteiger partial charge in [0, 0.05) is 35.4 Å². The number of hydrogen-bond donors (Lipinski definition) is 1. The van der Waals surface area contributed by atoms with E-state index in [2.05, 4.69) is 4.98 Å². The van der Waals surface area contributed by atoms with E-state index in [0.29, 0.717) is 28.4 Å². The van der Waals surface area contributed by atoms with Crippen molar-refractivity contribution in [3.63, 3.8) is 0 Å². The van der Waals surface area contributed by atoms with E-state index in [1.165, 1.54) is 12.1 Å². The van der Waals surface area contributed by atoms with Gasteiger partial charge in [0.25, 0.3) is 0 Å². The molecule has 0 aliphatic rings. The van der Waals surface area contributed by atoms with Crippen LogP contribution in [0.25, 0.3) is 27.5 Å². The minimum absolute atomic E-state index is 0.0836. The van der Waals surface area contributed by atoms with Crippen LogP contribution in [0.5, 0.6) is 0 Å². The summed E-state index contributed by atoms with van der Waals surface area (Å²) in [7, 11) is 0. The lowest BCUT2D eigenvalue weighted by Gasteiger charge is -2.15. The van der Waals surface area contributed by atoms with E-state index in [-0.39, 0.29) is 12.0 Å². The zero-order valence-electron chi connectivity index (χ0n) is 12.7. The molecule has 5 nitrogen and oxygen atoms in total. The average Bonchev–Trinajstić information content (AvgIpc) is 3.13. The Labute approximate surface area is 136 Å². The second-order valence-electron chi connectivity index (χ2n) is 5.54. The molecule has 0 fully saturated rings. The second kappa shape index (κ2) is 5.58. The molecule has 0 atom stereocenters. The Morgan fingerprint density at radius 2 is 1.96 bits per heavy atom. The van der Waals surface area contributed by atoms with E-state index in [4.69, 9.17) is 0 Å². The number of rotatable bonds is 3. The standard InChI is InChI=1S/C18H14FN3O2/c19-12-1-4-16-15(9-12)18(24)14-3-2-13(21-6-5-20-11-21)10-17(14)22(16)7-8-23/h1-6,9-11,23H,7-8H2. The molecule has 2 aromatic carbocycles. The van der Waals surface area contributed by atoms with E-state index in [9.17, 15) is 14.3 Å². The minimum Gasteiger partial charge on any atom is -0.395 e. The molecule has 24 heavy (non-hydrogen) atoms. The van der Waals surface area contributed by atoms with Crippen molar-refractivity contribution >= 4 is 21.8 Å². The average molecular weight is 323 g/mol. The van der Waals surface area contributed by atoms with Crippen molar-refractivity contribution < 1.29 is 9.50 Å². The fourth-order valence-corrected chi connectivity index (χ4v) is 3.05. The van der Waals surface area contributed by atoms with Crippen molar-refractivity contribution in [2.75, 3.05) is 6.61 Å². The molecule has 0 spiro atoms. The Hall–Kier alpha value is -2.99. The number of aromatic nitrogens is 3. The zero-order valence-corrected chi connectivity index (χ0v) is 12.7. The van der Waals surface area contributed by atoms with Gasteiger partial charge >= 0.3 is 0 Å². The lowest BCUT2D eigenvalue weighted by atomic mass is 10.1. The van der Waals surface area contributed by atoms with Gasteiger partial charge in [-0.2, -0.15) is 0 Å². The summed E-state index contributed by atoms with van der Waals surface area (Å²) in [6.45, 7) is 0.228. The molecule has 120 valence electrons. The number of pyridine rings is 1. The molecule has 6 heteroatoms. The lowest BCUT2D eigenvalue weighted by Crippen LogP contribution is -2.14. The van der Waals surface area contributed by atoms with E-state index >= 15 is 0 Å². The van der Waals surface area contributed by atoms with Crippen LogP contribution >= 0.6 is 0 Å². The highest BCUT2D eigenvalue weighted by Crippen LogP contribution is 2.22. The second-order valence-corrected chi connectivity index (χ2v) is 5.54. The zero-order chi connectivity index (χ0) is 16.7. The molecule has 0 amide bonds. The van der Waals surface area contributed by atoms with Crippen LogP contribution in [-0.4, -0.2) is 25.8 Å². The van der Waals surface area contributed by atoms with Crippen LogP contribution in [-0.2, 0) is 6.54 Å². The van der Waals surface area contributed by atoms with Gasteiger partial charge in [-0.25, -0.2) is 9.37 Å². The number of halogens is 1. The summed E-state index contributed by atoms with van der Waals surface area (Å²) in [5.74, 6) is -0.454. The largest absolute Gasteiger partial charge is 0.395 e. The molecular formula is C18H14FN3O2. The first-order chi connectivity index (χ1) is 11.7. The summed E-state index contributed by atoms with van der Waals surface area (Å²) in [4.78, 5) is 16.8. The number of nitrogens with zero attached hydrogens (tertiary/aromatic N) is 3. The maximum Gasteiger partial charge on any atom is 0.197 e. The molecule has 0 radical (unpaired) electrons. The van der Waals surface area contributed by atoms with Gasteiger partial charge in [-0.3, -0.25) is 4.79 Å². The quantitative estimate of drug-likeness (QED) is 0.589. The first-order valence-electron chi connectivity index (χ1n) is 7.54. The van der Waals surface area contributed by atoms with Crippen molar-refractivity contribution in [3.8, 4) is 5.69 Å².